The van der Waals surface area contributed by atoms with Crippen molar-refractivity contribution < 1.29 is 0 Å². The van der Waals surface area contributed by atoms with Crippen molar-refractivity contribution >= 4 is 0 Å². The van der Waals surface area contributed by atoms with E-state index in [0.29, 0.717) is 6.04 Å². The van der Waals surface area contributed by atoms with Crippen LogP contribution in [0.2, 0.25) is 0 Å². The SMILES string of the molecule is CCCCCCC(C)NC1CCCN(CCC)CC1. The molecule has 2 unspecified atom stereocenters. The van der Waals surface area contributed by atoms with Gasteiger partial charge in [0.05, 0.1) is 0 Å². The number of likely N-dealkylation sites (tertiary alicyclic amines) is 1. The molecule has 0 spiro atoms. The van der Waals surface area contributed by atoms with Crippen LogP contribution in [-0.2, 0) is 0 Å². The first kappa shape index (κ1) is 17.0. The van der Waals surface area contributed by atoms with Gasteiger partial charge in [0.1, 0.15) is 0 Å². The van der Waals surface area contributed by atoms with E-state index in [-0.39, 0.29) is 0 Å². The Bertz CT molecular complexity index is 205. The maximum Gasteiger partial charge on any atom is 0.00821 e. The standard InChI is InChI=1S/C17H36N2/c1-4-6-7-8-10-16(3)18-17-11-9-14-19(13-5-2)15-12-17/h16-18H,4-15H2,1-3H3. The molecule has 0 aliphatic carbocycles. The highest BCUT2D eigenvalue weighted by atomic mass is 15.1. The van der Waals surface area contributed by atoms with Crippen LogP contribution in [0.1, 0.15) is 78.6 Å². The summed E-state index contributed by atoms with van der Waals surface area (Å²) >= 11 is 0. The fourth-order valence-electron chi connectivity index (χ4n) is 3.23. The zero-order valence-corrected chi connectivity index (χ0v) is 13.6. The Balaban J connectivity index is 2.14. The molecule has 0 aromatic heterocycles. The predicted octanol–water partition coefficient (Wildman–Crippen LogP) is 4.20. The van der Waals surface area contributed by atoms with E-state index < -0.39 is 0 Å². The van der Waals surface area contributed by atoms with Gasteiger partial charge in [-0.1, -0.05) is 39.5 Å². The van der Waals surface area contributed by atoms with Crippen LogP contribution < -0.4 is 5.32 Å². The van der Waals surface area contributed by atoms with Crippen molar-refractivity contribution in [1.82, 2.24) is 10.2 Å². The van der Waals surface area contributed by atoms with Crippen LogP contribution in [0.25, 0.3) is 0 Å². The molecule has 1 aliphatic rings. The minimum Gasteiger partial charge on any atom is -0.311 e. The summed E-state index contributed by atoms with van der Waals surface area (Å²) in [5.41, 5.74) is 0. The molecule has 1 rings (SSSR count). The molecular formula is C17H36N2. The van der Waals surface area contributed by atoms with Crippen LogP contribution in [0.15, 0.2) is 0 Å². The molecule has 0 aromatic rings. The van der Waals surface area contributed by atoms with Gasteiger partial charge in [0, 0.05) is 12.1 Å². The van der Waals surface area contributed by atoms with E-state index in [0.717, 1.165) is 6.04 Å². The van der Waals surface area contributed by atoms with E-state index in [4.69, 9.17) is 0 Å². The summed E-state index contributed by atoms with van der Waals surface area (Å²) in [7, 11) is 0. The largest absolute Gasteiger partial charge is 0.311 e. The fraction of sp³-hybridized carbons (Fsp3) is 1.00. The zero-order chi connectivity index (χ0) is 13.9. The highest BCUT2D eigenvalue weighted by Crippen LogP contribution is 2.13. The molecule has 0 aromatic carbocycles. The van der Waals surface area contributed by atoms with Gasteiger partial charge in [0.2, 0.25) is 0 Å². The second-order valence-electron chi connectivity index (χ2n) is 6.39. The monoisotopic (exact) mass is 268 g/mol. The molecule has 114 valence electrons. The van der Waals surface area contributed by atoms with Gasteiger partial charge in [-0.3, -0.25) is 0 Å². The molecule has 0 amide bonds. The van der Waals surface area contributed by atoms with Gasteiger partial charge >= 0.3 is 0 Å². The van der Waals surface area contributed by atoms with Crippen LogP contribution in [0.3, 0.4) is 0 Å². The quantitative estimate of drug-likeness (QED) is 0.631. The maximum atomic E-state index is 3.87. The minimum absolute atomic E-state index is 0.708. The third kappa shape index (κ3) is 7.94. The Morgan fingerprint density at radius 2 is 1.89 bits per heavy atom. The maximum absolute atomic E-state index is 3.87. The van der Waals surface area contributed by atoms with Crippen LogP contribution in [0.4, 0.5) is 0 Å². The van der Waals surface area contributed by atoms with Crippen LogP contribution in [-0.4, -0.2) is 36.6 Å². The number of hydrogen-bond acceptors (Lipinski definition) is 2. The van der Waals surface area contributed by atoms with Crippen molar-refractivity contribution in [1.29, 1.82) is 0 Å². The zero-order valence-electron chi connectivity index (χ0n) is 13.6. The average Bonchev–Trinajstić information content (AvgIpc) is 2.61. The first-order valence-electron chi connectivity index (χ1n) is 8.74. The van der Waals surface area contributed by atoms with E-state index >= 15 is 0 Å². The van der Waals surface area contributed by atoms with Gasteiger partial charge in [0.15, 0.2) is 0 Å². The van der Waals surface area contributed by atoms with Crippen molar-refractivity contribution in [2.24, 2.45) is 0 Å². The molecule has 1 fully saturated rings. The smallest absolute Gasteiger partial charge is 0.00821 e. The molecule has 2 atom stereocenters. The summed E-state index contributed by atoms with van der Waals surface area (Å²) in [4.78, 5) is 2.65. The minimum atomic E-state index is 0.708. The van der Waals surface area contributed by atoms with Crippen molar-refractivity contribution in [3.63, 3.8) is 0 Å². The number of nitrogens with one attached hydrogen (secondary N) is 1. The second-order valence-corrected chi connectivity index (χ2v) is 6.39. The summed E-state index contributed by atoms with van der Waals surface area (Å²) in [6.45, 7) is 10.9. The molecule has 1 saturated heterocycles. The molecule has 1 aliphatic heterocycles. The molecule has 19 heavy (non-hydrogen) atoms. The molecule has 0 radical (unpaired) electrons. The van der Waals surface area contributed by atoms with Crippen molar-refractivity contribution in [2.45, 2.75) is 90.6 Å². The van der Waals surface area contributed by atoms with E-state index in [1.165, 1.54) is 77.4 Å². The lowest BCUT2D eigenvalue weighted by Gasteiger charge is -2.23. The van der Waals surface area contributed by atoms with Crippen molar-refractivity contribution in [3.05, 3.63) is 0 Å². The lowest BCUT2D eigenvalue weighted by molar-refractivity contribution is 0.281. The van der Waals surface area contributed by atoms with Gasteiger partial charge in [0.25, 0.3) is 0 Å². The van der Waals surface area contributed by atoms with E-state index in [1.54, 1.807) is 0 Å². The summed E-state index contributed by atoms with van der Waals surface area (Å²) in [5.74, 6) is 0. The Hall–Kier alpha value is -0.0800. The Kier molecular flexibility index (Phi) is 9.54. The highest BCUT2D eigenvalue weighted by Gasteiger charge is 2.17. The topological polar surface area (TPSA) is 15.3 Å². The predicted molar refractivity (Wildman–Crippen MR) is 85.7 cm³/mol. The third-order valence-corrected chi connectivity index (χ3v) is 4.37. The fourth-order valence-corrected chi connectivity index (χ4v) is 3.23. The Labute approximate surface area is 121 Å². The highest BCUT2D eigenvalue weighted by molar-refractivity contribution is 4.77. The van der Waals surface area contributed by atoms with Crippen molar-refractivity contribution in [2.75, 3.05) is 19.6 Å². The van der Waals surface area contributed by atoms with Crippen LogP contribution in [0.5, 0.6) is 0 Å². The van der Waals surface area contributed by atoms with E-state index in [2.05, 4.69) is 31.0 Å². The Morgan fingerprint density at radius 3 is 2.63 bits per heavy atom. The molecule has 2 nitrogen and oxygen atoms in total. The summed E-state index contributed by atoms with van der Waals surface area (Å²) in [6.07, 6.45) is 12.3. The van der Waals surface area contributed by atoms with Gasteiger partial charge in [-0.15, -0.1) is 0 Å². The second kappa shape index (κ2) is 10.7. The molecule has 0 saturated carbocycles. The lowest BCUT2D eigenvalue weighted by Crippen LogP contribution is -2.37. The summed E-state index contributed by atoms with van der Waals surface area (Å²) in [6, 6.07) is 1.47. The van der Waals surface area contributed by atoms with Gasteiger partial charge < -0.3 is 10.2 Å². The first-order valence-corrected chi connectivity index (χ1v) is 8.74. The number of hydrogen-bond donors (Lipinski definition) is 1. The van der Waals surface area contributed by atoms with Gasteiger partial charge in [-0.25, -0.2) is 0 Å². The Morgan fingerprint density at radius 1 is 1.05 bits per heavy atom. The lowest BCUT2D eigenvalue weighted by atomic mass is 10.0. The van der Waals surface area contributed by atoms with Crippen LogP contribution in [0, 0.1) is 0 Å². The molecular weight excluding hydrogens is 232 g/mol. The van der Waals surface area contributed by atoms with Gasteiger partial charge in [-0.05, 0) is 58.7 Å². The van der Waals surface area contributed by atoms with E-state index in [1.807, 2.05) is 0 Å². The molecule has 1 heterocycles. The average molecular weight is 268 g/mol. The normalized spacial score (nSPS) is 23.2. The molecule has 1 N–H and O–H groups in total. The number of rotatable bonds is 9. The van der Waals surface area contributed by atoms with Gasteiger partial charge in [-0.2, -0.15) is 0 Å². The summed E-state index contributed by atoms with van der Waals surface area (Å²) in [5, 5.41) is 3.87. The van der Waals surface area contributed by atoms with Crippen molar-refractivity contribution in [3.8, 4) is 0 Å². The first-order chi connectivity index (χ1) is 9.26. The van der Waals surface area contributed by atoms with E-state index in [9.17, 15) is 0 Å². The third-order valence-electron chi connectivity index (χ3n) is 4.37. The molecule has 0 bridgehead atoms. The number of nitrogens with zero attached hydrogens (tertiary/aromatic N) is 1. The molecule has 2 heteroatoms. The summed E-state index contributed by atoms with van der Waals surface area (Å²) < 4.78 is 0. The number of unbranched alkanes of at least 4 members (excludes halogenated alkanes) is 3. The van der Waals surface area contributed by atoms with Crippen LogP contribution >= 0.6 is 0 Å².